The number of ether oxygens (including phenoxy) is 1. The Kier molecular flexibility index (Phi) is 4.43. The highest BCUT2D eigenvalue weighted by Crippen LogP contribution is 2.17. The fourth-order valence-corrected chi connectivity index (χ4v) is 2.45. The zero-order valence-corrected chi connectivity index (χ0v) is 11.5. The van der Waals surface area contributed by atoms with E-state index in [-0.39, 0.29) is 28.4 Å². The molecule has 1 aromatic heterocycles. The number of nitrogens with zero attached hydrogens (tertiary/aromatic N) is 1. The fraction of sp³-hybridized carbons (Fsp3) is 0.500. The minimum Gasteiger partial charge on any atom is -0.378 e. The third kappa shape index (κ3) is 3.57. The van der Waals surface area contributed by atoms with Crippen LogP contribution in [-0.2, 0) is 4.74 Å². The molecule has 6 heteroatoms. The molecule has 0 aliphatic carbocycles. The topological polar surface area (TPSA) is 51.2 Å². The summed E-state index contributed by atoms with van der Waals surface area (Å²) in [5.41, 5.74) is 0.430. The lowest BCUT2D eigenvalue weighted by Gasteiger charge is -2.27. The zero-order chi connectivity index (χ0) is 13.1. The summed E-state index contributed by atoms with van der Waals surface area (Å²) >= 11 is 11.5. The lowest BCUT2D eigenvalue weighted by molar-refractivity contribution is 0.0136. The van der Waals surface area contributed by atoms with Gasteiger partial charge in [0.25, 0.3) is 5.91 Å². The van der Waals surface area contributed by atoms with Crippen molar-refractivity contribution in [3.05, 3.63) is 28.0 Å². The van der Waals surface area contributed by atoms with E-state index in [1.165, 1.54) is 12.1 Å². The maximum atomic E-state index is 12.0. The van der Waals surface area contributed by atoms with Crippen molar-refractivity contribution < 1.29 is 9.53 Å². The number of amides is 1. The number of pyridine rings is 1. The molecule has 2 atom stereocenters. The van der Waals surface area contributed by atoms with Gasteiger partial charge < -0.3 is 10.1 Å². The summed E-state index contributed by atoms with van der Waals surface area (Å²) in [5.74, 6) is -0.180. The Balaban J connectivity index is 2.02. The smallest absolute Gasteiger partial charge is 0.251 e. The van der Waals surface area contributed by atoms with Crippen molar-refractivity contribution in [2.45, 2.75) is 31.9 Å². The summed E-state index contributed by atoms with van der Waals surface area (Å²) in [5, 5.41) is 3.39. The molecule has 0 aromatic carbocycles. The van der Waals surface area contributed by atoms with Crippen LogP contribution in [-0.4, -0.2) is 29.6 Å². The summed E-state index contributed by atoms with van der Waals surface area (Å²) in [6.45, 7) is 2.67. The molecule has 1 aromatic rings. The molecule has 4 nitrogen and oxygen atoms in total. The second-order valence-corrected chi connectivity index (χ2v) is 5.15. The number of rotatable bonds is 2. The van der Waals surface area contributed by atoms with E-state index in [2.05, 4.69) is 10.3 Å². The highest BCUT2D eigenvalue weighted by atomic mass is 35.5. The molecule has 0 spiro atoms. The average Bonchev–Trinajstić information content (AvgIpc) is 2.27. The molecule has 1 saturated heterocycles. The van der Waals surface area contributed by atoms with Crippen LogP contribution in [0.5, 0.6) is 0 Å². The molecular weight excluding hydrogens is 275 g/mol. The normalized spacial score (nSPS) is 23.7. The van der Waals surface area contributed by atoms with Crippen LogP contribution < -0.4 is 5.32 Å². The fourth-order valence-electron chi connectivity index (χ4n) is 1.99. The number of carbonyl (C=O) groups excluding carboxylic acids is 1. The lowest BCUT2D eigenvalue weighted by atomic mass is 10.0. The van der Waals surface area contributed by atoms with E-state index in [0.29, 0.717) is 12.2 Å². The van der Waals surface area contributed by atoms with E-state index < -0.39 is 0 Å². The Bertz CT molecular complexity index is 433. The van der Waals surface area contributed by atoms with E-state index in [4.69, 9.17) is 27.9 Å². The van der Waals surface area contributed by atoms with Crippen molar-refractivity contribution in [2.24, 2.45) is 0 Å². The Morgan fingerprint density at radius 3 is 2.72 bits per heavy atom. The molecule has 18 heavy (non-hydrogen) atoms. The standard InChI is InChI=1S/C12H14Cl2N2O2/c1-7-4-9(2-3-18-7)15-12(17)8-5-10(13)16-11(14)6-8/h5-7,9H,2-4H2,1H3,(H,15,17). The van der Waals surface area contributed by atoms with Crippen molar-refractivity contribution in [1.29, 1.82) is 0 Å². The van der Waals surface area contributed by atoms with Gasteiger partial charge in [-0.25, -0.2) is 4.98 Å². The molecule has 1 aliphatic heterocycles. The van der Waals surface area contributed by atoms with Gasteiger partial charge in [0.05, 0.1) is 6.10 Å². The molecular formula is C12H14Cl2N2O2. The van der Waals surface area contributed by atoms with E-state index in [0.717, 1.165) is 12.8 Å². The monoisotopic (exact) mass is 288 g/mol. The minimum atomic E-state index is -0.180. The van der Waals surface area contributed by atoms with Crippen LogP contribution in [0.4, 0.5) is 0 Å². The quantitative estimate of drug-likeness (QED) is 0.852. The Labute approximate surface area is 116 Å². The van der Waals surface area contributed by atoms with Crippen LogP contribution in [0, 0.1) is 0 Å². The summed E-state index contributed by atoms with van der Waals surface area (Å²) in [6.07, 6.45) is 1.81. The van der Waals surface area contributed by atoms with Crippen molar-refractivity contribution in [2.75, 3.05) is 6.61 Å². The van der Waals surface area contributed by atoms with Gasteiger partial charge in [0.2, 0.25) is 0 Å². The molecule has 2 heterocycles. The van der Waals surface area contributed by atoms with E-state index >= 15 is 0 Å². The van der Waals surface area contributed by atoms with Crippen LogP contribution in [0.2, 0.25) is 10.3 Å². The first kappa shape index (κ1) is 13.6. The molecule has 2 rings (SSSR count). The molecule has 1 amide bonds. The summed E-state index contributed by atoms with van der Waals surface area (Å²) < 4.78 is 5.43. The molecule has 0 bridgehead atoms. The largest absolute Gasteiger partial charge is 0.378 e. The second kappa shape index (κ2) is 5.87. The molecule has 1 fully saturated rings. The van der Waals surface area contributed by atoms with Gasteiger partial charge >= 0.3 is 0 Å². The third-order valence-corrected chi connectivity index (χ3v) is 3.23. The number of nitrogens with one attached hydrogen (secondary N) is 1. The Morgan fingerprint density at radius 2 is 2.11 bits per heavy atom. The molecule has 1 N–H and O–H groups in total. The van der Waals surface area contributed by atoms with Crippen molar-refractivity contribution in [1.82, 2.24) is 10.3 Å². The minimum absolute atomic E-state index is 0.131. The average molecular weight is 289 g/mol. The van der Waals surface area contributed by atoms with Crippen molar-refractivity contribution in [3.63, 3.8) is 0 Å². The van der Waals surface area contributed by atoms with Gasteiger partial charge in [-0.2, -0.15) is 0 Å². The van der Waals surface area contributed by atoms with Gasteiger partial charge in [0.1, 0.15) is 10.3 Å². The van der Waals surface area contributed by atoms with E-state index in [9.17, 15) is 4.79 Å². The first-order valence-corrected chi connectivity index (χ1v) is 6.56. The highest BCUT2D eigenvalue weighted by Gasteiger charge is 2.21. The van der Waals surface area contributed by atoms with E-state index in [1.807, 2.05) is 6.92 Å². The predicted molar refractivity (Wildman–Crippen MR) is 70.2 cm³/mol. The summed E-state index contributed by atoms with van der Waals surface area (Å²) in [4.78, 5) is 15.8. The van der Waals surface area contributed by atoms with Crippen LogP contribution >= 0.6 is 23.2 Å². The van der Waals surface area contributed by atoms with Crippen molar-refractivity contribution >= 4 is 29.1 Å². The number of hydrogen-bond acceptors (Lipinski definition) is 3. The number of hydrogen-bond donors (Lipinski definition) is 1. The number of carbonyl (C=O) groups is 1. The molecule has 1 aliphatic rings. The van der Waals surface area contributed by atoms with Gasteiger partial charge in [-0.05, 0) is 31.9 Å². The van der Waals surface area contributed by atoms with Gasteiger partial charge in [0, 0.05) is 18.2 Å². The van der Waals surface area contributed by atoms with Gasteiger partial charge in [-0.15, -0.1) is 0 Å². The summed E-state index contributed by atoms with van der Waals surface area (Å²) in [7, 11) is 0. The van der Waals surface area contributed by atoms with Crippen LogP contribution in [0.25, 0.3) is 0 Å². The van der Waals surface area contributed by atoms with Crippen LogP contribution in [0.1, 0.15) is 30.1 Å². The molecule has 0 radical (unpaired) electrons. The summed E-state index contributed by atoms with van der Waals surface area (Å²) in [6, 6.07) is 3.14. The predicted octanol–water partition coefficient (Wildman–Crippen LogP) is 2.69. The molecule has 98 valence electrons. The van der Waals surface area contributed by atoms with E-state index in [1.54, 1.807) is 0 Å². The number of halogens is 2. The van der Waals surface area contributed by atoms with Gasteiger partial charge in [-0.3, -0.25) is 4.79 Å². The first-order chi connectivity index (χ1) is 8.54. The van der Waals surface area contributed by atoms with Gasteiger partial charge in [-0.1, -0.05) is 23.2 Å². The Hall–Kier alpha value is -0.840. The lowest BCUT2D eigenvalue weighted by Crippen LogP contribution is -2.41. The first-order valence-electron chi connectivity index (χ1n) is 5.80. The van der Waals surface area contributed by atoms with Gasteiger partial charge in [0.15, 0.2) is 0 Å². The maximum absolute atomic E-state index is 12.0. The third-order valence-electron chi connectivity index (χ3n) is 2.85. The van der Waals surface area contributed by atoms with Crippen LogP contribution in [0.3, 0.4) is 0 Å². The van der Waals surface area contributed by atoms with Crippen LogP contribution in [0.15, 0.2) is 12.1 Å². The SMILES string of the molecule is CC1CC(NC(=O)c2cc(Cl)nc(Cl)c2)CCO1. The number of aromatic nitrogens is 1. The second-order valence-electron chi connectivity index (χ2n) is 4.38. The Morgan fingerprint density at radius 1 is 1.44 bits per heavy atom. The van der Waals surface area contributed by atoms with Crippen molar-refractivity contribution in [3.8, 4) is 0 Å². The highest BCUT2D eigenvalue weighted by molar-refractivity contribution is 6.33. The molecule has 2 unspecified atom stereocenters. The molecule has 0 saturated carbocycles. The zero-order valence-electron chi connectivity index (χ0n) is 9.95. The maximum Gasteiger partial charge on any atom is 0.251 e.